The largest absolute Gasteiger partial charge is 0.381 e. The number of carbonyl (C=O) groups excluding carboxylic acids is 2. The average molecular weight is 262 g/mol. The highest BCUT2D eigenvalue weighted by molar-refractivity contribution is 5.99. The summed E-state index contributed by atoms with van der Waals surface area (Å²) in [6.45, 7) is 2.93. The fourth-order valence-corrected chi connectivity index (χ4v) is 2.11. The van der Waals surface area contributed by atoms with E-state index in [2.05, 4.69) is 5.32 Å². The Morgan fingerprint density at radius 3 is 2.68 bits per heavy atom. The van der Waals surface area contributed by atoms with Gasteiger partial charge in [-0.2, -0.15) is 0 Å². The molecule has 5 heteroatoms. The number of nitrogens with zero attached hydrogens (tertiary/aromatic N) is 1. The Kier molecular flexibility index (Phi) is 3.32. The highest BCUT2D eigenvalue weighted by Gasteiger charge is 2.28. The van der Waals surface area contributed by atoms with Gasteiger partial charge in [0.1, 0.15) is 5.60 Å². The molecule has 1 aliphatic rings. The van der Waals surface area contributed by atoms with Gasteiger partial charge in [0.15, 0.2) is 0 Å². The fraction of sp³-hybridized carbons (Fsp3) is 0.429. The second-order valence-electron chi connectivity index (χ2n) is 5.31. The zero-order chi connectivity index (χ0) is 14.2. The molecule has 0 radical (unpaired) electrons. The van der Waals surface area contributed by atoms with Gasteiger partial charge in [-0.15, -0.1) is 0 Å². The molecule has 1 aromatic carbocycles. The minimum absolute atomic E-state index is 0.0150. The lowest BCUT2D eigenvalue weighted by Crippen LogP contribution is -2.43. The number of aliphatic hydroxyl groups is 1. The molecule has 0 spiro atoms. The van der Waals surface area contributed by atoms with Crippen molar-refractivity contribution in [3.05, 3.63) is 23.8 Å². The van der Waals surface area contributed by atoms with Crippen LogP contribution >= 0.6 is 0 Å². The lowest BCUT2D eigenvalue weighted by Gasteiger charge is -2.26. The van der Waals surface area contributed by atoms with E-state index in [1.807, 2.05) is 6.07 Å². The summed E-state index contributed by atoms with van der Waals surface area (Å²) in [5, 5.41) is 12.5. The van der Waals surface area contributed by atoms with Gasteiger partial charge in [-0.05, 0) is 44.0 Å². The zero-order valence-corrected chi connectivity index (χ0v) is 11.4. The van der Waals surface area contributed by atoms with Crippen LogP contribution in [0.2, 0.25) is 0 Å². The third-order valence-corrected chi connectivity index (χ3v) is 3.20. The Labute approximate surface area is 112 Å². The molecular formula is C14H18N2O3. The van der Waals surface area contributed by atoms with Crippen molar-refractivity contribution in [3.63, 3.8) is 0 Å². The number of likely N-dealkylation sites (N-methyl/N-ethyl adjacent to an activating group) is 1. The summed E-state index contributed by atoms with van der Waals surface area (Å²) in [5.41, 5.74) is 1.11. The van der Waals surface area contributed by atoms with Gasteiger partial charge >= 0.3 is 0 Å². The maximum absolute atomic E-state index is 12.0. The molecule has 0 aliphatic carbocycles. The number of aryl methyl sites for hydroxylation is 1. The van der Waals surface area contributed by atoms with Crippen molar-refractivity contribution in [2.75, 3.05) is 17.3 Å². The number of hydrogen-bond acceptors (Lipinski definition) is 3. The van der Waals surface area contributed by atoms with Crippen LogP contribution in [0.5, 0.6) is 0 Å². The van der Waals surface area contributed by atoms with Crippen LogP contribution in [0.15, 0.2) is 18.2 Å². The Morgan fingerprint density at radius 2 is 2.05 bits per heavy atom. The van der Waals surface area contributed by atoms with Crippen molar-refractivity contribution < 1.29 is 14.7 Å². The number of amides is 2. The number of fused-ring (bicyclic) bond motifs is 1. The minimum Gasteiger partial charge on any atom is -0.381 e. The predicted octanol–water partition coefficient (Wildman–Crippen LogP) is 1.30. The van der Waals surface area contributed by atoms with Crippen LogP contribution in [0.25, 0.3) is 0 Å². The molecular weight excluding hydrogens is 244 g/mol. The molecule has 0 bridgehead atoms. The first-order valence-electron chi connectivity index (χ1n) is 6.22. The number of carbonyl (C=O) groups is 2. The first-order valence-corrected chi connectivity index (χ1v) is 6.22. The number of anilines is 2. The van der Waals surface area contributed by atoms with Crippen LogP contribution in [0.3, 0.4) is 0 Å². The van der Waals surface area contributed by atoms with Crippen molar-refractivity contribution in [2.45, 2.75) is 32.3 Å². The minimum atomic E-state index is -1.40. The van der Waals surface area contributed by atoms with E-state index in [0.717, 1.165) is 11.3 Å². The second kappa shape index (κ2) is 4.66. The summed E-state index contributed by atoms with van der Waals surface area (Å²) < 4.78 is 0. The van der Waals surface area contributed by atoms with Gasteiger partial charge in [0.05, 0.1) is 0 Å². The quantitative estimate of drug-likeness (QED) is 0.844. The van der Waals surface area contributed by atoms with Crippen molar-refractivity contribution in [3.8, 4) is 0 Å². The molecule has 1 heterocycles. The van der Waals surface area contributed by atoms with Crippen molar-refractivity contribution >= 4 is 23.2 Å². The van der Waals surface area contributed by atoms with Crippen LogP contribution in [-0.2, 0) is 16.0 Å². The molecule has 0 fully saturated rings. The first-order chi connectivity index (χ1) is 8.79. The van der Waals surface area contributed by atoms with Gasteiger partial charge in [0.25, 0.3) is 5.91 Å². The van der Waals surface area contributed by atoms with Crippen LogP contribution in [-0.4, -0.2) is 29.6 Å². The fourth-order valence-electron chi connectivity index (χ4n) is 2.11. The lowest BCUT2D eigenvalue weighted by molar-refractivity contribution is -0.133. The third kappa shape index (κ3) is 2.76. The van der Waals surface area contributed by atoms with Gasteiger partial charge in [-0.25, -0.2) is 0 Å². The summed E-state index contributed by atoms with van der Waals surface area (Å²) in [5.74, 6) is -0.353. The van der Waals surface area contributed by atoms with Gasteiger partial charge in [0.2, 0.25) is 5.91 Å². The molecule has 2 N–H and O–H groups in total. The van der Waals surface area contributed by atoms with Gasteiger partial charge in [0, 0.05) is 24.8 Å². The zero-order valence-electron chi connectivity index (χ0n) is 11.4. The van der Waals surface area contributed by atoms with Crippen molar-refractivity contribution in [1.82, 2.24) is 0 Å². The van der Waals surface area contributed by atoms with Gasteiger partial charge in [-0.1, -0.05) is 0 Å². The molecule has 0 saturated heterocycles. The SMILES string of the molecule is CN(C(=O)C(C)(C)O)c1ccc2c(c1)CCC(=O)N2. The summed E-state index contributed by atoms with van der Waals surface area (Å²) in [6.07, 6.45) is 1.12. The van der Waals surface area contributed by atoms with E-state index in [9.17, 15) is 14.7 Å². The predicted molar refractivity (Wildman–Crippen MR) is 73.1 cm³/mol. The highest BCUT2D eigenvalue weighted by atomic mass is 16.3. The average Bonchev–Trinajstić information content (AvgIpc) is 2.35. The summed E-state index contributed by atoms with van der Waals surface area (Å²) in [7, 11) is 1.63. The number of rotatable bonds is 2. The number of hydrogen-bond donors (Lipinski definition) is 2. The van der Waals surface area contributed by atoms with E-state index in [-0.39, 0.29) is 11.8 Å². The molecule has 0 saturated carbocycles. The van der Waals surface area contributed by atoms with E-state index in [0.29, 0.717) is 18.5 Å². The summed E-state index contributed by atoms with van der Waals surface area (Å²) in [6, 6.07) is 5.42. The Balaban J connectivity index is 2.28. The third-order valence-electron chi connectivity index (χ3n) is 3.20. The standard InChI is InChI=1S/C14H18N2O3/c1-14(2,19)13(18)16(3)10-5-6-11-9(8-10)4-7-12(17)15-11/h5-6,8,19H,4,7H2,1-3H3,(H,15,17). The molecule has 2 rings (SSSR count). The molecule has 0 unspecified atom stereocenters. The summed E-state index contributed by atoms with van der Waals surface area (Å²) >= 11 is 0. The molecule has 0 atom stereocenters. The molecule has 1 aliphatic heterocycles. The van der Waals surface area contributed by atoms with Gasteiger partial charge in [-0.3, -0.25) is 9.59 Å². The van der Waals surface area contributed by atoms with Gasteiger partial charge < -0.3 is 15.3 Å². The van der Waals surface area contributed by atoms with Crippen LogP contribution < -0.4 is 10.2 Å². The maximum Gasteiger partial charge on any atom is 0.258 e. The topological polar surface area (TPSA) is 69.6 Å². The second-order valence-corrected chi connectivity index (χ2v) is 5.31. The Hall–Kier alpha value is -1.88. The number of benzene rings is 1. The summed E-state index contributed by atoms with van der Waals surface area (Å²) in [4.78, 5) is 24.7. The normalized spacial score (nSPS) is 14.6. The molecule has 102 valence electrons. The van der Waals surface area contributed by atoms with E-state index in [1.165, 1.54) is 18.7 Å². The highest BCUT2D eigenvalue weighted by Crippen LogP contribution is 2.27. The molecule has 1 aromatic rings. The number of nitrogens with one attached hydrogen (secondary N) is 1. The smallest absolute Gasteiger partial charge is 0.258 e. The van der Waals surface area contributed by atoms with Crippen LogP contribution in [0, 0.1) is 0 Å². The van der Waals surface area contributed by atoms with Crippen molar-refractivity contribution in [1.29, 1.82) is 0 Å². The maximum atomic E-state index is 12.0. The Morgan fingerprint density at radius 1 is 1.37 bits per heavy atom. The van der Waals surface area contributed by atoms with E-state index >= 15 is 0 Å². The van der Waals surface area contributed by atoms with E-state index in [1.54, 1.807) is 19.2 Å². The molecule has 0 aromatic heterocycles. The van der Waals surface area contributed by atoms with Crippen molar-refractivity contribution in [2.24, 2.45) is 0 Å². The van der Waals surface area contributed by atoms with Crippen LogP contribution in [0.1, 0.15) is 25.8 Å². The monoisotopic (exact) mass is 262 g/mol. The van der Waals surface area contributed by atoms with E-state index < -0.39 is 5.60 Å². The Bertz CT molecular complexity index is 532. The lowest BCUT2D eigenvalue weighted by atomic mass is 10.0. The molecule has 2 amide bonds. The van der Waals surface area contributed by atoms with E-state index in [4.69, 9.17) is 0 Å². The molecule has 19 heavy (non-hydrogen) atoms. The first kappa shape index (κ1) is 13.5. The van der Waals surface area contributed by atoms with Crippen LogP contribution in [0.4, 0.5) is 11.4 Å². The molecule has 5 nitrogen and oxygen atoms in total.